The first-order valence-electron chi connectivity index (χ1n) is 8.86. The summed E-state index contributed by atoms with van der Waals surface area (Å²) in [6.07, 6.45) is -1.25. The Morgan fingerprint density at radius 1 is 1.22 bits per heavy atom. The number of primary amides is 1. The summed E-state index contributed by atoms with van der Waals surface area (Å²) in [6, 6.07) is 13.6. The number of hydrogen-bond donors (Lipinski definition) is 1. The van der Waals surface area contributed by atoms with Crippen LogP contribution in [0.15, 0.2) is 42.5 Å². The molecule has 1 unspecified atom stereocenters. The Balaban J connectivity index is 1.94. The van der Waals surface area contributed by atoms with Gasteiger partial charge in [0.05, 0.1) is 13.2 Å². The smallest absolute Gasteiger partial charge is 0.405 e. The van der Waals surface area contributed by atoms with Gasteiger partial charge in [0.1, 0.15) is 24.2 Å². The molecule has 0 aliphatic carbocycles. The third kappa shape index (κ3) is 4.17. The standard InChI is InChI=1S/C21H25NO5/c1-21(2)13-26-18-12-14(8-9-16(18)19(21)27-20(22)23)15-6-4-5-7-17(15)25-11-10-24-3/h4-9,12,19H,10-11,13H2,1-3H3,(H2,22,23). The zero-order chi connectivity index (χ0) is 19.4. The molecule has 27 heavy (non-hydrogen) atoms. The number of rotatable bonds is 6. The summed E-state index contributed by atoms with van der Waals surface area (Å²) >= 11 is 0. The molecule has 2 aromatic carbocycles. The molecule has 0 saturated heterocycles. The lowest BCUT2D eigenvalue weighted by Gasteiger charge is -2.38. The molecule has 6 nitrogen and oxygen atoms in total. The Hall–Kier alpha value is -2.73. The molecule has 0 saturated carbocycles. The molecular formula is C21H25NO5. The van der Waals surface area contributed by atoms with Gasteiger partial charge in [-0.25, -0.2) is 4.79 Å². The predicted octanol–water partition coefficient (Wildman–Crippen LogP) is 3.93. The van der Waals surface area contributed by atoms with Crippen LogP contribution in [0, 0.1) is 5.41 Å². The zero-order valence-corrected chi connectivity index (χ0v) is 15.9. The number of fused-ring (bicyclic) bond motifs is 1. The molecule has 1 aliphatic heterocycles. The van der Waals surface area contributed by atoms with Crippen LogP contribution >= 0.6 is 0 Å². The summed E-state index contributed by atoms with van der Waals surface area (Å²) in [5, 5.41) is 0. The van der Waals surface area contributed by atoms with Crippen LogP contribution in [0.4, 0.5) is 4.79 Å². The number of hydrogen-bond acceptors (Lipinski definition) is 5. The molecule has 144 valence electrons. The summed E-state index contributed by atoms with van der Waals surface area (Å²) in [5.41, 5.74) is 7.63. The molecule has 2 N–H and O–H groups in total. The Morgan fingerprint density at radius 2 is 2.00 bits per heavy atom. The quantitative estimate of drug-likeness (QED) is 0.778. The van der Waals surface area contributed by atoms with E-state index in [4.69, 9.17) is 24.7 Å². The van der Waals surface area contributed by atoms with E-state index in [2.05, 4.69) is 0 Å². The fraction of sp³-hybridized carbons (Fsp3) is 0.381. The summed E-state index contributed by atoms with van der Waals surface area (Å²) in [5.74, 6) is 1.46. The highest BCUT2D eigenvalue weighted by Gasteiger charge is 2.40. The monoisotopic (exact) mass is 371 g/mol. The molecule has 6 heteroatoms. The van der Waals surface area contributed by atoms with Crippen LogP contribution in [0.5, 0.6) is 11.5 Å². The molecule has 0 radical (unpaired) electrons. The number of methoxy groups -OCH3 is 1. The van der Waals surface area contributed by atoms with Crippen molar-refractivity contribution in [2.45, 2.75) is 20.0 Å². The molecule has 1 heterocycles. The SMILES string of the molecule is COCCOc1ccccc1-c1ccc2c(c1)OCC(C)(C)C2OC(N)=O. The number of para-hydroxylation sites is 1. The van der Waals surface area contributed by atoms with Crippen molar-refractivity contribution in [3.8, 4) is 22.6 Å². The third-order valence-electron chi connectivity index (χ3n) is 4.58. The van der Waals surface area contributed by atoms with Gasteiger partial charge in [0, 0.05) is 23.7 Å². The minimum atomic E-state index is -0.790. The number of ether oxygens (including phenoxy) is 4. The van der Waals surface area contributed by atoms with Gasteiger partial charge in [0.15, 0.2) is 0 Å². The van der Waals surface area contributed by atoms with Gasteiger partial charge >= 0.3 is 6.09 Å². The first-order chi connectivity index (χ1) is 12.9. The number of amides is 1. The topological polar surface area (TPSA) is 80.0 Å². The van der Waals surface area contributed by atoms with E-state index >= 15 is 0 Å². The highest BCUT2D eigenvalue weighted by Crippen LogP contribution is 2.46. The van der Waals surface area contributed by atoms with Crippen LogP contribution in [-0.2, 0) is 9.47 Å². The van der Waals surface area contributed by atoms with Gasteiger partial charge < -0.3 is 24.7 Å². The summed E-state index contributed by atoms with van der Waals surface area (Å²) in [7, 11) is 1.64. The van der Waals surface area contributed by atoms with E-state index in [9.17, 15) is 4.79 Å². The number of carbonyl (C=O) groups is 1. The first kappa shape index (κ1) is 19.0. The van der Waals surface area contributed by atoms with Crippen LogP contribution in [0.3, 0.4) is 0 Å². The average molecular weight is 371 g/mol. The lowest BCUT2D eigenvalue weighted by molar-refractivity contribution is -0.0176. The Bertz CT molecular complexity index is 818. The van der Waals surface area contributed by atoms with Crippen molar-refractivity contribution in [2.75, 3.05) is 26.9 Å². The fourth-order valence-corrected chi connectivity index (χ4v) is 3.21. The van der Waals surface area contributed by atoms with Crippen LogP contribution in [0.2, 0.25) is 0 Å². The van der Waals surface area contributed by atoms with Crippen molar-refractivity contribution in [1.29, 1.82) is 0 Å². The van der Waals surface area contributed by atoms with E-state index < -0.39 is 12.2 Å². The van der Waals surface area contributed by atoms with Gasteiger partial charge in [0.25, 0.3) is 0 Å². The Morgan fingerprint density at radius 3 is 2.74 bits per heavy atom. The molecule has 0 fully saturated rings. The summed E-state index contributed by atoms with van der Waals surface area (Å²) in [6.45, 7) is 5.38. The van der Waals surface area contributed by atoms with Crippen LogP contribution in [0.1, 0.15) is 25.5 Å². The van der Waals surface area contributed by atoms with Gasteiger partial charge in [0.2, 0.25) is 0 Å². The minimum absolute atomic E-state index is 0.370. The van der Waals surface area contributed by atoms with E-state index in [0.29, 0.717) is 25.6 Å². The molecule has 0 bridgehead atoms. The third-order valence-corrected chi connectivity index (χ3v) is 4.58. The van der Waals surface area contributed by atoms with Gasteiger partial charge in [-0.15, -0.1) is 0 Å². The number of benzene rings is 2. The van der Waals surface area contributed by atoms with E-state index in [1.54, 1.807) is 7.11 Å². The molecule has 1 amide bonds. The Kier molecular flexibility index (Phi) is 5.56. The van der Waals surface area contributed by atoms with Crippen LogP contribution in [-0.4, -0.2) is 33.0 Å². The fourth-order valence-electron chi connectivity index (χ4n) is 3.21. The Labute approximate surface area is 159 Å². The minimum Gasteiger partial charge on any atom is -0.492 e. The largest absolute Gasteiger partial charge is 0.492 e. The number of carbonyl (C=O) groups excluding carboxylic acids is 1. The van der Waals surface area contributed by atoms with Crippen molar-refractivity contribution in [3.63, 3.8) is 0 Å². The molecule has 0 spiro atoms. The first-order valence-corrected chi connectivity index (χ1v) is 8.86. The maximum absolute atomic E-state index is 11.4. The molecule has 1 atom stereocenters. The van der Waals surface area contributed by atoms with E-state index in [0.717, 1.165) is 22.4 Å². The van der Waals surface area contributed by atoms with E-state index in [1.165, 1.54) is 0 Å². The molecule has 0 aromatic heterocycles. The number of nitrogens with two attached hydrogens (primary N) is 1. The molecule has 2 aromatic rings. The maximum atomic E-state index is 11.4. The second kappa shape index (κ2) is 7.88. The molecular weight excluding hydrogens is 346 g/mol. The normalized spacial score (nSPS) is 17.5. The van der Waals surface area contributed by atoms with E-state index in [1.807, 2.05) is 56.3 Å². The lowest BCUT2D eigenvalue weighted by atomic mass is 9.80. The van der Waals surface area contributed by atoms with Crippen molar-refractivity contribution >= 4 is 6.09 Å². The van der Waals surface area contributed by atoms with Crippen LogP contribution < -0.4 is 15.2 Å². The van der Waals surface area contributed by atoms with Crippen molar-refractivity contribution in [1.82, 2.24) is 0 Å². The van der Waals surface area contributed by atoms with Gasteiger partial charge in [-0.3, -0.25) is 0 Å². The van der Waals surface area contributed by atoms with E-state index in [-0.39, 0.29) is 5.41 Å². The highest BCUT2D eigenvalue weighted by atomic mass is 16.6. The lowest BCUT2D eigenvalue weighted by Crippen LogP contribution is -2.37. The van der Waals surface area contributed by atoms with Gasteiger partial charge in [-0.2, -0.15) is 0 Å². The maximum Gasteiger partial charge on any atom is 0.405 e. The second-order valence-electron chi connectivity index (χ2n) is 7.18. The molecule has 1 aliphatic rings. The van der Waals surface area contributed by atoms with Gasteiger partial charge in [-0.1, -0.05) is 44.2 Å². The predicted molar refractivity (Wildman–Crippen MR) is 102 cm³/mol. The zero-order valence-electron chi connectivity index (χ0n) is 15.9. The highest BCUT2D eigenvalue weighted by molar-refractivity contribution is 5.72. The summed E-state index contributed by atoms with van der Waals surface area (Å²) < 4.78 is 22.2. The molecule has 3 rings (SSSR count). The average Bonchev–Trinajstić information content (AvgIpc) is 2.64. The van der Waals surface area contributed by atoms with Crippen molar-refractivity contribution < 1.29 is 23.7 Å². The van der Waals surface area contributed by atoms with Crippen molar-refractivity contribution in [2.24, 2.45) is 11.1 Å². The summed E-state index contributed by atoms with van der Waals surface area (Å²) in [4.78, 5) is 11.4. The second-order valence-corrected chi connectivity index (χ2v) is 7.18. The van der Waals surface area contributed by atoms with Crippen LogP contribution in [0.25, 0.3) is 11.1 Å². The van der Waals surface area contributed by atoms with Gasteiger partial charge in [-0.05, 0) is 17.7 Å². The van der Waals surface area contributed by atoms with Crippen molar-refractivity contribution in [3.05, 3.63) is 48.0 Å².